The molecule has 1 aliphatic rings. The first-order valence-corrected chi connectivity index (χ1v) is 10.5. The van der Waals surface area contributed by atoms with Crippen molar-refractivity contribution < 1.29 is 8.42 Å². The topological polar surface area (TPSA) is 72.2 Å². The minimum atomic E-state index is -2.99. The number of benzene rings is 1. The molecule has 0 amide bonds. The van der Waals surface area contributed by atoms with Crippen LogP contribution in [0.1, 0.15) is 37.3 Å². The first-order valence-electron chi connectivity index (χ1n) is 6.93. The maximum absolute atomic E-state index is 11.8. The highest BCUT2D eigenvalue weighted by molar-refractivity contribution is 9.11. The van der Waals surface area contributed by atoms with Crippen molar-refractivity contribution in [3.8, 4) is 0 Å². The molecule has 0 heterocycles. The van der Waals surface area contributed by atoms with Crippen molar-refractivity contribution in [3.05, 3.63) is 32.7 Å². The lowest BCUT2D eigenvalue weighted by Gasteiger charge is -2.34. The molecule has 3 atom stereocenters. The maximum Gasteiger partial charge on any atom is 0.150 e. The van der Waals surface area contributed by atoms with E-state index in [-0.39, 0.29) is 17.2 Å². The summed E-state index contributed by atoms with van der Waals surface area (Å²) in [5.41, 5.74) is 3.95. The van der Waals surface area contributed by atoms with E-state index in [1.54, 1.807) is 0 Å². The van der Waals surface area contributed by atoms with Crippen LogP contribution in [0.2, 0.25) is 0 Å². The minimum Gasteiger partial charge on any atom is -0.271 e. The number of hydrogen-bond donors (Lipinski definition) is 2. The SMILES string of the molecule is CS(=O)(=O)C1CCCC(C(NN)c2ccc(Br)cc2Br)C1. The number of hydrazine groups is 1. The van der Waals surface area contributed by atoms with Crippen molar-refractivity contribution in [1.82, 2.24) is 5.43 Å². The van der Waals surface area contributed by atoms with Gasteiger partial charge in [0.25, 0.3) is 0 Å². The Morgan fingerprint density at radius 1 is 1.33 bits per heavy atom. The Labute approximate surface area is 143 Å². The number of rotatable bonds is 4. The second-order valence-corrected chi connectivity index (χ2v) is 9.78. The Hall–Kier alpha value is 0.0500. The van der Waals surface area contributed by atoms with Gasteiger partial charge in [-0.2, -0.15) is 0 Å². The summed E-state index contributed by atoms with van der Waals surface area (Å²) in [5, 5.41) is -0.249. The highest BCUT2D eigenvalue weighted by Crippen LogP contribution is 2.39. The van der Waals surface area contributed by atoms with E-state index in [0.29, 0.717) is 6.42 Å². The van der Waals surface area contributed by atoms with Gasteiger partial charge in [0.2, 0.25) is 0 Å². The molecule has 7 heteroatoms. The fraction of sp³-hybridized carbons (Fsp3) is 0.571. The molecular formula is C14H20Br2N2O2S. The molecule has 1 aliphatic carbocycles. The highest BCUT2D eigenvalue weighted by atomic mass is 79.9. The van der Waals surface area contributed by atoms with E-state index >= 15 is 0 Å². The zero-order valence-electron chi connectivity index (χ0n) is 11.9. The second-order valence-electron chi connectivity index (χ2n) is 5.69. The van der Waals surface area contributed by atoms with Crippen LogP contribution in [0.15, 0.2) is 27.1 Å². The summed E-state index contributed by atoms with van der Waals surface area (Å²) >= 11 is 7.00. The number of halogens is 2. The Morgan fingerprint density at radius 3 is 2.62 bits per heavy atom. The van der Waals surface area contributed by atoms with Gasteiger partial charge in [0.1, 0.15) is 9.84 Å². The Morgan fingerprint density at radius 2 is 2.05 bits per heavy atom. The van der Waals surface area contributed by atoms with Crippen molar-refractivity contribution >= 4 is 41.7 Å². The Bertz CT molecular complexity index is 607. The van der Waals surface area contributed by atoms with Crippen LogP contribution < -0.4 is 11.3 Å². The van der Waals surface area contributed by atoms with Crippen LogP contribution in [-0.4, -0.2) is 19.9 Å². The third-order valence-corrected chi connectivity index (χ3v) is 7.04. The van der Waals surface area contributed by atoms with Gasteiger partial charge in [-0.1, -0.05) is 44.3 Å². The summed E-state index contributed by atoms with van der Waals surface area (Å²) in [4.78, 5) is 0. The summed E-state index contributed by atoms with van der Waals surface area (Å²) in [5.74, 6) is 5.99. The summed E-state index contributed by atoms with van der Waals surface area (Å²) in [6.07, 6.45) is 4.67. The molecule has 0 spiro atoms. The molecule has 1 aromatic carbocycles. The van der Waals surface area contributed by atoms with E-state index in [0.717, 1.165) is 33.8 Å². The number of sulfone groups is 1. The van der Waals surface area contributed by atoms with Crippen LogP contribution in [0, 0.1) is 5.92 Å². The lowest BCUT2D eigenvalue weighted by molar-refractivity contribution is 0.274. The third-order valence-electron chi connectivity index (χ3n) is 4.22. The van der Waals surface area contributed by atoms with E-state index in [2.05, 4.69) is 37.3 Å². The van der Waals surface area contributed by atoms with Crippen LogP contribution in [0.25, 0.3) is 0 Å². The fourth-order valence-corrected chi connectivity index (χ4v) is 5.59. The number of nitrogens with two attached hydrogens (primary N) is 1. The van der Waals surface area contributed by atoms with Gasteiger partial charge in [-0.3, -0.25) is 11.3 Å². The van der Waals surface area contributed by atoms with E-state index in [4.69, 9.17) is 5.84 Å². The predicted octanol–water partition coefficient (Wildman–Crippen LogP) is 3.32. The molecule has 0 aromatic heterocycles. The molecule has 0 bridgehead atoms. The van der Waals surface area contributed by atoms with Crippen molar-refractivity contribution in [3.63, 3.8) is 0 Å². The molecule has 3 unspecified atom stereocenters. The van der Waals surface area contributed by atoms with Crippen molar-refractivity contribution in [1.29, 1.82) is 0 Å². The van der Waals surface area contributed by atoms with E-state index in [1.165, 1.54) is 6.26 Å². The molecule has 4 nitrogen and oxygen atoms in total. The molecule has 1 aromatic rings. The van der Waals surface area contributed by atoms with Gasteiger partial charge in [0.15, 0.2) is 0 Å². The van der Waals surface area contributed by atoms with Crippen LogP contribution in [0.4, 0.5) is 0 Å². The minimum absolute atomic E-state index is 0.0444. The van der Waals surface area contributed by atoms with E-state index in [9.17, 15) is 8.42 Å². The summed E-state index contributed by atoms with van der Waals surface area (Å²) in [6.45, 7) is 0. The zero-order valence-corrected chi connectivity index (χ0v) is 15.8. The van der Waals surface area contributed by atoms with E-state index < -0.39 is 9.84 Å². The second kappa shape index (κ2) is 7.08. The highest BCUT2D eigenvalue weighted by Gasteiger charge is 2.33. The number of nitrogens with one attached hydrogen (secondary N) is 1. The summed E-state index contributed by atoms with van der Waals surface area (Å²) in [6, 6.07) is 5.93. The van der Waals surface area contributed by atoms with Crippen molar-refractivity contribution in [2.75, 3.05) is 6.26 Å². The van der Waals surface area contributed by atoms with Gasteiger partial charge < -0.3 is 0 Å². The van der Waals surface area contributed by atoms with Gasteiger partial charge in [0.05, 0.1) is 5.25 Å². The molecule has 3 N–H and O–H groups in total. The molecule has 2 rings (SSSR count). The summed E-state index contributed by atoms with van der Waals surface area (Å²) in [7, 11) is -2.99. The molecule has 1 saturated carbocycles. The molecule has 0 radical (unpaired) electrons. The monoisotopic (exact) mass is 438 g/mol. The molecule has 0 aliphatic heterocycles. The van der Waals surface area contributed by atoms with Gasteiger partial charge in [-0.05, 0) is 42.9 Å². The van der Waals surface area contributed by atoms with Gasteiger partial charge in [0, 0.05) is 21.2 Å². The first-order chi connectivity index (χ1) is 9.82. The largest absolute Gasteiger partial charge is 0.271 e. The Kier molecular flexibility index (Phi) is 5.87. The average Bonchev–Trinajstić information content (AvgIpc) is 2.41. The van der Waals surface area contributed by atoms with E-state index in [1.807, 2.05) is 18.2 Å². The smallest absolute Gasteiger partial charge is 0.150 e. The Balaban J connectivity index is 2.24. The standard InChI is InChI=1S/C14H20Br2N2O2S/c1-21(19,20)11-4-2-3-9(7-11)14(18-17)12-6-5-10(15)8-13(12)16/h5-6,8-9,11,14,18H,2-4,7,17H2,1H3. The average molecular weight is 440 g/mol. The van der Waals surface area contributed by atoms with Gasteiger partial charge >= 0.3 is 0 Å². The van der Waals surface area contributed by atoms with Crippen molar-refractivity contribution in [2.24, 2.45) is 11.8 Å². The van der Waals surface area contributed by atoms with Crippen molar-refractivity contribution in [2.45, 2.75) is 37.0 Å². The van der Waals surface area contributed by atoms with Crippen LogP contribution in [0.5, 0.6) is 0 Å². The normalized spacial score (nSPS) is 24.8. The predicted molar refractivity (Wildman–Crippen MR) is 92.5 cm³/mol. The van der Waals surface area contributed by atoms with Gasteiger partial charge in [-0.15, -0.1) is 0 Å². The molecule has 21 heavy (non-hydrogen) atoms. The maximum atomic E-state index is 11.8. The third kappa shape index (κ3) is 4.28. The molecule has 1 fully saturated rings. The van der Waals surface area contributed by atoms with Crippen LogP contribution in [0.3, 0.4) is 0 Å². The molecule has 118 valence electrons. The molecular weight excluding hydrogens is 420 g/mol. The zero-order chi connectivity index (χ0) is 15.6. The lowest BCUT2D eigenvalue weighted by Crippen LogP contribution is -2.38. The quantitative estimate of drug-likeness (QED) is 0.557. The lowest BCUT2D eigenvalue weighted by atomic mass is 9.81. The summed E-state index contributed by atoms with van der Waals surface area (Å²) < 4.78 is 25.6. The van der Waals surface area contributed by atoms with Crippen LogP contribution >= 0.6 is 31.9 Å². The molecule has 0 saturated heterocycles. The first kappa shape index (κ1) is 17.4. The van der Waals surface area contributed by atoms with Crippen LogP contribution in [-0.2, 0) is 9.84 Å². The fourth-order valence-electron chi connectivity index (χ4n) is 3.11. The number of hydrogen-bond acceptors (Lipinski definition) is 4. The van der Waals surface area contributed by atoms with Gasteiger partial charge in [-0.25, -0.2) is 8.42 Å².